The first-order valence-electron chi connectivity index (χ1n) is 8.10. The topological polar surface area (TPSA) is 70.4 Å². The monoisotopic (exact) mass is 312 g/mol. The van der Waals surface area contributed by atoms with Gasteiger partial charge in [0, 0.05) is 18.5 Å². The number of nitrogens with zero attached hydrogens (tertiary/aromatic N) is 3. The van der Waals surface area contributed by atoms with Crippen molar-refractivity contribution in [1.82, 2.24) is 20.2 Å². The highest BCUT2D eigenvalue weighted by Crippen LogP contribution is 2.35. The van der Waals surface area contributed by atoms with Gasteiger partial charge in [-0.1, -0.05) is 18.2 Å². The van der Waals surface area contributed by atoms with Crippen molar-refractivity contribution in [3.8, 4) is 5.69 Å². The fraction of sp³-hybridized carbons (Fsp3) is 0.412. The van der Waals surface area contributed by atoms with Crippen LogP contribution in [0.2, 0.25) is 0 Å². The zero-order chi connectivity index (χ0) is 15.8. The van der Waals surface area contributed by atoms with Gasteiger partial charge in [-0.05, 0) is 44.0 Å². The van der Waals surface area contributed by atoms with E-state index < -0.39 is 5.91 Å². The number of benzene rings is 1. The van der Waals surface area contributed by atoms with E-state index in [2.05, 4.69) is 10.00 Å². The van der Waals surface area contributed by atoms with Gasteiger partial charge in [0.25, 0.3) is 5.91 Å². The largest absolute Gasteiger partial charge is 0.300 e. The average molecular weight is 312 g/mol. The third kappa shape index (κ3) is 2.75. The Labute approximate surface area is 134 Å². The van der Waals surface area contributed by atoms with Crippen molar-refractivity contribution in [1.29, 1.82) is 0 Å². The predicted octanol–water partition coefficient (Wildman–Crippen LogP) is 1.94. The summed E-state index contributed by atoms with van der Waals surface area (Å²) in [5, 5.41) is 13.7. The smallest absolute Gasteiger partial charge is 0.293 e. The molecular formula is C17H20N4O2. The number of carbonyl (C=O) groups excluding carboxylic acids is 1. The lowest BCUT2D eigenvalue weighted by Gasteiger charge is -2.13. The second-order valence-corrected chi connectivity index (χ2v) is 6.35. The van der Waals surface area contributed by atoms with Gasteiger partial charge in [-0.15, -0.1) is 0 Å². The number of nitrogens with one attached hydrogen (secondary N) is 1. The molecule has 0 bridgehead atoms. The lowest BCUT2D eigenvalue weighted by molar-refractivity contribution is 0.0697. The van der Waals surface area contributed by atoms with Crippen LogP contribution in [-0.2, 0) is 0 Å². The Morgan fingerprint density at radius 1 is 1.22 bits per heavy atom. The molecule has 23 heavy (non-hydrogen) atoms. The maximum absolute atomic E-state index is 12.0. The van der Waals surface area contributed by atoms with E-state index in [1.165, 1.54) is 12.8 Å². The molecule has 2 N–H and O–H groups in total. The molecule has 1 atom stereocenters. The molecule has 1 aliphatic carbocycles. The van der Waals surface area contributed by atoms with Crippen LogP contribution < -0.4 is 5.48 Å². The van der Waals surface area contributed by atoms with E-state index in [9.17, 15) is 4.79 Å². The summed E-state index contributed by atoms with van der Waals surface area (Å²) in [6.07, 6.45) is 3.69. The lowest BCUT2D eigenvalue weighted by Crippen LogP contribution is -2.22. The number of aromatic nitrogens is 2. The van der Waals surface area contributed by atoms with Crippen molar-refractivity contribution in [3.05, 3.63) is 47.8 Å². The summed E-state index contributed by atoms with van der Waals surface area (Å²) in [5.41, 5.74) is 3.82. The molecule has 0 radical (unpaired) electrons. The maximum Gasteiger partial charge on any atom is 0.293 e. The molecule has 2 fully saturated rings. The second kappa shape index (κ2) is 5.79. The summed E-state index contributed by atoms with van der Waals surface area (Å²) in [6, 6.07) is 12.1. The summed E-state index contributed by atoms with van der Waals surface area (Å²) in [7, 11) is 0. The molecule has 1 unspecified atom stereocenters. The first-order chi connectivity index (χ1) is 11.3. The number of likely N-dealkylation sites (tertiary alicyclic amines) is 1. The fourth-order valence-corrected chi connectivity index (χ4v) is 3.38. The minimum Gasteiger partial charge on any atom is -0.300 e. The number of carbonyl (C=O) groups is 1. The van der Waals surface area contributed by atoms with Gasteiger partial charge in [0.15, 0.2) is 0 Å². The van der Waals surface area contributed by atoms with Crippen LogP contribution in [0, 0.1) is 0 Å². The van der Waals surface area contributed by atoms with Crippen molar-refractivity contribution in [2.45, 2.75) is 31.2 Å². The normalized spacial score (nSPS) is 21.5. The highest BCUT2D eigenvalue weighted by Gasteiger charge is 2.36. The molecule has 120 valence electrons. The zero-order valence-corrected chi connectivity index (χ0v) is 12.9. The molecule has 6 nitrogen and oxygen atoms in total. The Hall–Kier alpha value is -2.18. The molecule has 1 aromatic heterocycles. The molecule has 1 saturated heterocycles. The molecule has 2 aliphatic rings. The van der Waals surface area contributed by atoms with Crippen LogP contribution in [-0.4, -0.2) is 44.9 Å². The van der Waals surface area contributed by atoms with Gasteiger partial charge in [-0.3, -0.25) is 14.9 Å². The molecule has 2 heterocycles. The van der Waals surface area contributed by atoms with Gasteiger partial charge in [0.2, 0.25) is 0 Å². The second-order valence-electron chi connectivity index (χ2n) is 6.35. The van der Waals surface area contributed by atoms with Crippen LogP contribution in [0.5, 0.6) is 0 Å². The predicted molar refractivity (Wildman–Crippen MR) is 84.8 cm³/mol. The molecule has 1 saturated carbocycles. The van der Waals surface area contributed by atoms with E-state index in [1.54, 1.807) is 16.2 Å². The Morgan fingerprint density at radius 3 is 2.70 bits per heavy atom. The van der Waals surface area contributed by atoms with E-state index in [-0.39, 0.29) is 0 Å². The standard InChI is InChI=1S/C17H20N4O2/c22-17(19-23)16-10-15(12-8-9-20(11-12)13-6-7-13)18-21(16)14-4-2-1-3-5-14/h1-5,10,12-13,23H,6-9,11H2,(H,19,22). The number of amides is 1. The first kappa shape index (κ1) is 14.4. The van der Waals surface area contributed by atoms with E-state index >= 15 is 0 Å². The van der Waals surface area contributed by atoms with Crippen LogP contribution in [0.1, 0.15) is 41.4 Å². The van der Waals surface area contributed by atoms with Crippen LogP contribution in [0.25, 0.3) is 5.69 Å². The zero-order valence-electron chi connectivity index (χ0n) is 12.9. The number of para-hydroxylation sites is 1. The molecule has 2 aromatic rings. The highest BCUT2D eigenvalue weighted by molar-refractivity contribution is 5.92. The van der Waals surface area contributed by atoms with Crippen molar-refractivity contribution in [3.63, 3.8) is 0 Å². The highest BCUT2D eigenvalue weighted by atomic mass is 16.5. The lowest BCUT2D eigenvalue weighted by atomic mass is 10.1. The summed E-state index contributed by atoms with van der Waals surface area (Å²) >= 11 is 0. The Morgan fingerprint density at radius 2 is 2.00 bits per heavy atom. The van der Waals surface area contributed by atoms with Crippen molar-refractivity contribution < 1.29 is 10.0 Å². The van der Waals surface area contributed by atoms with Gasteiger partial charge in [0.05, 0.1) is 11.4 Å². The number of hydroxylamine groups is 1. The summed E-state index contributed by atoms with van der Waals surface area (Å²) in [5.74, 6) is -0.185. The average Bonchev–Trinajstić information content (AvgIpc) is 3.16. The van der Waals surface area contributed by atoms with Crippen molar-refractivity contribution >= 4 is 5.91 Å². The summed E-state index contributed by atoms with van der Waals surface area (Å²) in [4.78, 5) is 14.5. The van der Waals surface area contributed by atoms with Crippen molar-refractivity contribution in [2.75, 3.05) is 13.1 Å². The number of hydrogen-bond donors (Lipinski definition) is 2. The van der Waals surface area contributed by atoms with E-state index in [4.69, 9.17) is 5.21 Å². The quantitative estimate of drug-likeness (QED) is 0.669. The summed E-state index contributed by atoms with van der Waals surface area (Å²) in [6.45, 7) is 2.12. The maximum atomic E-state index is 12.0. The van der Waals surface area contributed by atoms with Gasteiger partial charge in [0.1, 0.15) is 5.69 Å². The molecule has 0 spiro atoms. The summed E-state index contributed by atoms with van der Waals surface area (Å²) < 4.78 is 1.61. The van der Waals surface area contributed by atoms with Crippen LogP contribution in [0.15, 0.2) is 36.4 Å². The minimum atomic E-state index is -0.537. The Bertz CT molecular complexity index is 709. The number of hydrogen-bond acceptors (Lipinski definition) is 4. The van der Waals surface area contributed by atoms with Crippen LogP contribution in [0.4, 0.5) is 0 Å². The van der Waals surface area contributed by atoms with Gasteiger partial charge in [-0.2, -0.15) is 5.10 Å². The van der Waals surface area contributed by atoms with Crippen LogP contribution in [0.3, 0.4) is 0 Å². The van der Waals surface area contributed by atoms with Gasteiger partial charge in [-0.25, -0.2) is 10.2 Å². The Kier molecular flexibility index (Phi) is 3.63. The SMILES string of the molecule is O=C(NO)c1cc(C2CCN(C3CC3)C2)nn1-c1ccccc1. The molecule has 1 amide bonds. The first-order valence-corrected chi connectivity index (χ1v) is 8.10. The van der Waals surface area contributed by atoms with Crippen LogP contribution >= 0.6 is 0 Å². The third-order valence-corrected chi connectivity index (χ3v) is 4.76. The molecule has 6 heteroatoms. The minimum absolute atomic E-state index is 0.353. The van der Waals surface area contributed by atoms with E-state index in [1.807, 2.05) is 30.3 Å². The molecule has 1 aromatic carbocycles. The molecular weight excluding hydrogens is 292 g/mol. The molecule has 4 rings (SSSR count). The fourth-order valence-electron chi connectivity index (χ4n) is 3.38. The van der Waals surface area contributed by atoms with Gasteiger partial charge < -0.3 is 0 Å². The van der Waals surface area contributed by atoms with E-state index in [0.717, 1.165) is 36.9 Å². The third-order valence-electron chi connectivity index (χ3n) is 4.76. The van der Waals surface area contributed by atoms with Gasteiger partial charge >= 0.3 is 0 Å². The Balaban J connectivity index is 1.66. The molecule has 1 aliphatic heterocycles. The van der Waals surface area contributed by atoms with Crippen molar-refractivity contribution in [2.24, 2.45) is 0 Å². The number of rotatable bonds is 4. The van der Waals surface area contributed by atoms with E-state index in [0.29, 0.717) is 11.6 Å².